The quantitative estimate of drug-likeness (QED) is 0.549. The highest BCUT2D eigenvalue weighted by Crippen LogP contribution is 2.44. The number of fused-ring (bicyclic) bond motifs is 3. The summed E-state index contributed by atoms with van der Waals surface area (Å²) in [5.74, 6) is 3.04. The van der Waals surface area contributed by atoms with Gasteiger partial charge in [0.25, 0.3) is 0 Å². The first kappa shape index (κ1) is 21.9. The zero-order chi connectivity index (χ0) is 23.2. The fourth-order valence-electron chi connectivity index (χ4n) is 6.03. The maximum absolute atomic E-state index is 14.0. The molecular formula is C25H28ClFN6O. The maximum atomic E-state index is 14.0. The van der Waals surface area contributed by atoms with E-state index in [2.05, 4.69) is 21.2 Å². The molecule has 1 aromatic carbocycles. The van der Waals surface area contributed by atoms with E-state index in [4.69, 9.17) is 26.4 Å². The third-order valence-electron chi connectivity index (χ3n) is 7.54. The monoisotopic (exact) mass is 482 g/mol. The van der Waals surface area contributed by atoms with Crippen LogP contribution < -0.4 is 4.90 Å². The standard InChI is InChI=1S/C25H28ClFN6O/c1-15-7-21(12-28-30-15)32-13-16-3-4-17(14-32)22(16)11-23-29-25-24(34-6-2-5-33(25)31-23)18-8-19(26)10-20(27)9-18/h7-10,12,16-17,22,24H,2-6,11,13-14H2,1H3/t16-,17+,22?,24-/m0/s1. The number of halogens is 2. The van der Waals surface area contributed by atoms with Crippen LogP contribution in [0.25, 0.3) is 0 Å². The zero-order valence-corrected chi connectivity index (χ0v) is 20.0. The second-order valence-corrected chi connectivity index (χ2v) is 10.3. The average molecular weight is 483 g/mol. The van der Waals surface area contributed by atoms with Gasteiger partial charge in [-0.05, 0) is 73.8 Å². The third-order valence-corrected chi connectivity index (χ3v) is 7.76. The van der Waals surface area contributed by atoms with Gasteiger partial charge in [-0.15, -0.1) is 0 Å². The van der Waals surface area contributed by atoms with Crippen LogP contribution in [0.3, 0.4) is 0 Å². The Bertz CT molecular complexity index is 1170. The van der Waals surface area contributed by atoms with Gasteiger partial charge in [-0.25, -0.2) is 14.1 Å². The number of hydrogen-bond donors (Lipinski definition) is 0. The van der Waals surface area contributed by atoms with Crippen molar-refractivity contribution in [1.29, 1.82) is 0 Å². The van der Waals surface area contributed by atoms with Crippen LogP contribution in [-0.2, 0) is 17.7 Å². The first-order valence-corrected chi connectivity index (χ1v) is 12.5. The molecule has 0 radical (unpaired) electrons. The van der Waals surface area contributed by atoms with Crippen LogP contribution >= 0.6 is 11.6 Å². The molecule has 2 aromatic heterocycles. The molecule has 2 fully saturated rings. The van der Waals surface area contributed by atoms with Gasteiger partial charge in [0.2, 0.25) is 0 Å². The molecule has 0 amide bonds. The van der Waals surface area contributed by atoms with E-state index in [9.17, 15) is 4.39 Å². The summed E-state index contributed by atoms with van der Waals surface area (Å²) in [6, 6.07) is 6.67. The molecule has 1 aliphatic carbocycles. The lowest BCUT2D eigenvalue weighted by Crippen LogP contribution is -2.43. The fourth-order valence-corrected chi connectivity index (χ4v) is 6.26. The lowest BCUT2D eigenvalue weighted by molar-refractivity contribution is 0.0808. The van der Waals surface area contributed by atoms with Crippen molar-refractivity contribution in [3.8, 4) is 0 Å². The summed E-state index contributed by atoms with van der Waals surface area (Å²) in [6.45, 7) is 5.38. The van der Waals surface area contributed by atoms with Crippen molar-refractivity contribution in [2.45, 2.75) is 45.3 Å². The smallest absolute Gasteiger partial charge is 0.161 e. The van der Waals surface area contributed by atoms with E-state index < -0.39 is 6.10 Å². The van der Waals surface area contributed by atoms with Crippen LogP contribution in [0.15, 0.2) is 30.5 Å². The Morgan fingerprint density at radius 2 is 1.97 bits per heavy atom. The maximum Gasteiger partial charge on any atom is 0.161 e. The number of rotatable bonds is 4. The van der Waals surface area contributed by atoms with Gasteiger partial charge in [0.1, 0.15) is 11.9 Å². The Morgan fingerprint density at radius 1 is 1.15 bits per heavy atom. The molecule has 1 unspecified atom stereocenters. The molecule has 4 atom stereocenters. The molecule has 4 heterocycles. The molecule has 0 N–H and O–H groups in total. The Morgan fingerprint density at radius 3 is 2.74 bits per heavy atom. The highest BCUT2D eigenvalue weighted by atomic mass is 35.5. The van der Waals surface area contributed by atoms with E-state index in [0.29, 0.717) is 34.9 Å². The minimum absolute atomic E-state index is 0.358. The summed E-state index contributed by atoms with van der Waals surface area (Å²) in [6.07, 6.45) is 5.61. The van der Waals surface area contributed by atoms with Crippen molar-refractivity contribution in [2.24, 2.45) is 17.8 Å². The molecular weight excluding hydrogens is 455 g/mol. The van der Waals surface area contributed by atoms with Gasteiger partial charge in [0.15, 0.2) is 11.6 Å². The van der Waals surface area contributed by atoms with Gasteiger partial charge in [0, 0.05) is 37.7 Å². The number of piperidine rings is 1. The van der Waals surface area contributed by atoms with Crippen molar-refractivity contribution in [3.63, 3.8) is 0 Å². The van der Waals surface area contributed by atoms with Gasteiger partial charge >= 0.3 is 0 Å². The lowest BCUT2D eigenvalue weighted by atomic mass is 9.82. The van der Waals surface area contributed by atoms with Crippen molar-refractivity contribution in [1.82, 2.24) is 25.0 Å². The largest absolute Gasteiger partial charge is 0.370 e. The first-order valence-electron chi connectivity index (χ1n) is 12.1. The van der Waals surface area contributed by atoms with Gasteiger partial charge in [-0.3, -0.25) is 0 Å². The minimum atomic E-state index is -0.460. The van der Waals surface area contributed by atoms with Crippen molar-refractivity contribution in [2.75, 3.05) is 24.6 Å². The van der Waals surface area contributed by atoms with Crippen molar-refractivity contribution >= 4 is 17.3 Å². The number of anilines is 1. The number of benzene rings is 1. The van der Waals surface area contributed by atoms with Crippen LogP contribution in [0, 0.1) is 30.5 Å². The van der Waals surface area contributed by atoms with Crippen LogP contribution in [0.2, 0.25) is 5.02 Å². The lowest BCUT2D eigenvalue weighted by Gasteiger charge is -2.39. The van der Waals surface area contributed by atoms with Crippen LogP contribution in [0.4, 0.5) is 10.1 Å². The Labute approximate surface area is 203 Å². The van der Waals surface area contributed by atoms with Gasteiger partial charge in [-0.1, -0.05) is 11.6 Å². The highest BCUT2D eigenvalue weighted by Gasteiger charge is 2.43. The Balaban J connectivity index is 1.22. The summed E-state index contributed by atoms with van der Waals surface area (Å²) < 4.78 is 22.1. The van der Waals surface area contributed by atoms with Gasteiger partial charge in [-0.2, -0.15) is 15.3 Å². The van der Waals surface area contributed by atoms with Crippen LogP contribution in [0.5, 0.6) is 0 Å². The Kier molecular flexibility index (Phi) is 5.73. The van der Waals surface area contributed by atoms with Crippen molar-refractivity contribution in [3.05, 3.63) is 64.2 Å². The number of nitrogens with zero attached hydrogens (tertiary/aromatic N) is 6. The third kappa shape index (κ3) is 4.18. The Hall–Kier alpha value is -2.58. The highest BCUT2D eigenvalue weighted by molar-refractivity contribution is 6.30. The molecule has 1 saturated heterocycles. The van der Waals surface area contributed by atoms with E-state index in [-0.39, 0.29) is 5.82 Å². The summed E-state index contributed by atoms with van der Waals surface area (Å²) in [7, 11) is 0. The molecule has 6 rings (SSSR count). The molecule has 2 aliphatic heterocycles. The normalized spacial score (nSPS) is 26.4. The summed E-state index contributed by atoms with van der Waals surface area (Å²) in [5, 5.41) is 13.5. The van der Waals surface area contributed by atoms with E-state index in [0.717, 1.165) is 49.8 Å². The van der Waals surface area contributed by atoms with E-state index in [1.807, 2.05) is 17.8 Å². The molecule has 9 heteroatoms. The molecule has 1 saturated carbocycles. The predicted molar refractivity (Wildman–Crippen MR) is 126 cm³/mol. The average Bonchev–Trinajstić information content (AvgIpc) is 3.20. The number of aryl methyl sites for hydroxylation is 2. The van der Waals surface area contributed by atoms with Crippen LogP contribution in [-0.4, -0.2) is 44.7 Å². The second-order valence-electron chi connectivity index (χ2n) is 9.84. The molecule has 3 aromatic rings. The predicted octanol–water partition coefficient (Wildman–Crippen LogP) is 4.38. The van der Waals surface area contributed by atoms with Gasteiger partial charge in [0.05, 0.1) is 17.6 Å². The number of aromatic nitrogens is 5. The first-order chi connectivity index (χ1) is 16.5. The molecule has 7 nitrogen and oxygen atoms in total. The van der Waals surface area contributed by atoms with E-state index >= 15 is 0 Å². The minimum Gasteiger partial charge on any atom is -0.370 e. The number of ether oxygens (including phenoxy) is 1. The SMILES string of the molecule is Cc1cc(N2C[C@H]3CC[C@@H](C2)C3Cc2nc3n(n2)CCCO[C@H]3c2cc(F)cc(Cl)c2)cnn1. The van der Waals surface area contributed by atoms with Crippen LogP contribution in [0.1, 0.15) is 48.3 Å². The summed E-state index contributed by atoms with van der Waals surface area (Å²) >= 11 is 6.13. The van der Waals surface area contributed by atoms with E-state index in [1.54, 1.807) is 6.07 Å². The number of hydrogen-bond acceptors (Lipinski definition) is 6. The van der Waals surface area contributed by atoms with Gasteiger partial charge < -0.3 is 9.64 Å². The summed E-state index contributed by atoms with van der Waals surface area (Å²) in [4.78, 5) is 7.40. The molecule has 2 bridgehead atoms. The van der Waals surface area contributed by atoms with E-state index in [1.165, 1.54) is 30.7 Å². The zero-order valence-electron chi connectivity index (χ0n) is 19.2. The fraction of sp³-hybridized carbons (Fsp3) is 0.520. The second kappa shape index (κ2) is 8.89. The molecule has 0 spiro atoms. The van der Waals surface area contributed by atoms with Crippen molar-refractivity contribution < 1.29 is 9.13 Å². The topological polar surface area (TPSA) is 69.0 Å². The molecule has 3 aliphatic rings. The molecule has 34 heavy (non-hydrogen) atoms. The summed E-state index contributed by atoms with van der Waals surface area (Å²) in [5.41, 5.74) is 2.80. The molecule has 178 valence electrons.